The standard InChI is InChI=1S/C15H19N3O2S/c1-2-3-4-12-5-7-13(8-6-12)18-21(19,20)15-11-17-10-9-14(15)16/h5-11,18H,2-4H2,1H3,(H2,16,17). The normalized spacial score (nSPS) is 11.3. The molecule has 5 nitrogen and oxygen atoms in total. The fourth-order valence-corrected chi connectivity index (χ4v) is 3.08. The summed E-state index contributed by atoms with van der Waals surface area (Å²) in [5.41, 5.74) is 7.57. The van der Waals surface area contributed by atoms with E-state index in [1.165, 1.54) is 24.0 Å². The van der Waals surface area contributed by atoms with E-state index < -0.39 is 10.0 Å². The van der Waals surface area contributed by atoms with Crippen molar-refractivity contribution in [2.45, 2.75) is 31.1 Å². The number of nitrogens with zero attached hydrogens (tertiary/aromatic N) is 1. The number of nitrogens with two attached hydrogens (primary N) is 1. The van der Waals surface area contributed by atoms with Crippen LogP contribution in [0.15, 0.2) is 47.6 Å². The van der Waals surface area contributed by atoms with E-state index in [1.54, 1.807) is 12.1 Å². The molecule has 0 bridgehead atoms. The quantitative estimate of drug-likeness (QED) is 0.859. The van der Waals surface area contributed by atoms with Gasteiger partial charge in [-0.2, -0.15) is 0 Å². The van der Waals surface area contributed by atoms with E-state index in [0.29, 0.717) is 5.69 Å². The molecule has 112 valence electrons. The predicted octanol–water partition coefficient (Wildman–Crippen LogP) is 2.81. The lowest BCUT2D eigenvalue weighted by Gasteiger charge is -2.10. The largest absolute Gasteiger partial charge is 0.398 e. The molecule has 0 radical (unpaired) electrons. The number of aryl methyl sites for hydroxylation is 1. The van der Waals surface area contributed by atoms with E-state index in [4.69, 9.17) is 5.73 Å². The number of hydrogen-bond acceptors (Lipinski definition) is 4. The number of anilines is 2. The third-order valence-electron chi connectivity index (χ3n) is 3.13. The molecule has 2 aromatic rings. The summed E-state index contributed by atoms with van der Waals surface area (Å²) in [7, 11) is -3.71. The summed E-state index contributed by atoms with van der Waals surface area (Å²) in [5, 5.41) is 0. The minimum Gasteiger partial charge on any atom is -0.398 e. The second kappa shape index (κ2) is 6.58. The Hall–Kier alpha value is -2.08. The van der Waals surface area contributed by atoms with Crippen molar-refractivity contribution in [3.05, 3.63) is 48.3 Å². The highest BCUT2D eigenvalue weighted by atomic mass is 32.2. The van der Waals surface area contributed by atoms with Gasteiger partial charge in [0.25, 0.3) is 10.0 Å². The third-order valence-corrected chi connectivity index (χ3v) is 4.56. The molecule has 0 amide bonds. The smallest absolute Gasteiger partial charge is 0.265 e. The monoisotopic (exact) mass is 305 g/mol. The van der Waals surface area contributed by atoms with Crippen molar-refractivity contribution in [3.63, 3.8) is 0 Å². The number of nitrogen functional groups attached to an aromatic ring is 1. The van der Waals surface area contributed by atoms with Gasteiger partial charge in [0.05, 0.1) is 5.69 Å². The molecule has 0 spiro atoms. The third kappa shape index (κ3) is 3.95. The fourth-order valence-electron chi connectivity index (χ4n) is 1.95. The zero-order chi connectivity index (χ0) is 15.3. The van der Waals surface area contributed by atoms with E-state index in [-0.39, 0.29) is 10.6 Å². The predicted molar refractivity (Wildman–Crippen MR) is 84.5 cm³/mol. The van der Waals surface area contributed by atoms with Crippen molar-refractivity contribution in [2.75, 3.05) is 10.5 Å². The van der Waals surface area contributed by atoms with E-state index in [0.717, 1.165) is 19.3 Å². The van der Waals surface area contributed by atoms with Crippen molar-refractivity contribution in [3.8, 4) is 0 Å². The van der Waals surface area contributed by atoms with Gasteiger partial charge in [0.2, 0.25) is 0 Å². The molecule has 0 fully saturated rings. The number of rotatable bonds is 6. The van der Waals surface area contributed by atoms with Gasteiger partial charge < -0.3 is 5.73 Å². The topological polar surface area (TPSA) is 85.1 Å². The molecule has 0 aliphatic rings. The molecule has 1 aromatic carbocycles. The first kappa shape index (κ1) is 15.3. The minimum atomic E-state index is -3.71. The van der Waals surface area contributed by atoms with E-state index in [1.807, 2.05) is 12.1 Å². The van der Waals surface area contributed by atoms with Crippen LogP contribution < -0.4 is 10.5 Å². The average molecular weight is 305 g/mol. The van der Waals surface area contributed by atoms with Crippen LogP contribution in [-0.4, -0.2) is 13.4 Å². The lowest BCUT2D eigenvalue weighted by Crippen LogP contribution is -2.15. The molecule has 0 aliphatic carbocycles. The Kier molecular flexibility index (Phi) is 4.80. The van der Waals surface area contributed by atoms with Crippen molar-refractivity contribution in [1.82, 2.24) is 4.98 Å². The number of sulfonamides is 1. The molecule has 21 heavy (non-hydrogen) atoms. The van der Waals surface area contributed by atoms with Crippen LogP contribution in [-0.2, 0) is 16.4 Å². The molecule has 0 aliphatic heterocycles. The van der Waals surface area contributed by atoms with Gasteiger partial charge in [-0.05, 0) is 36.6 Å². The maximum Gasteiger partial charge on any atom is 0.265 e. The molecule has 6 heteroatoms. The van der Waals surface area contributed by atoms with Crippen LogP contribution in [0, 0.1) is 0 Å². The second-order valence-corrected chi connectivity index (χ2v) is 6.47. The lowest BCUT2D eigenvalue weighted by molar-refractivity contribution is 0.601. The summed E-state index contributed by atoms with van der Waals surface area (Å²) < 4.78 is 27.0. The van der Waals surface area contributed by atoms with Gasteiger partial charge in [-0.15, -0.1) is 0 Å². The van der Waals surface area contributed by atoms with Crippen LogP contribution in [0.25, 0.3) is 0 Å². The highest BCUT2D eigenvalue weighted by Gasteiger charge is 2.17. The van der Waals surface area contributed by atoms with Gasteiger partial charge in [-0.3, -0.25) is 9.71 Å². The Morgan fingerprint density at radius 1 is 1.19 bits per heavy atom. The molecule has 1 aromatic heterocycles. The zero-order valence-corrected chi connectivity index (χ0v) is 12.7. The van der Waals surface area contributed by atoms with Crippen LogP contribution in [0.2, 0.25) is 0 Å². The Balaban J connectivity index is 2.16. The Morgan fingerprint density at radius 2 is 1.90 bits per heavy atom. The van der Waals surface area contributed by atoms with E-state index in [2.05, 4.69) is 16.6 Å². The highest BCUT2D eigenvalue weighted by Crippen LogP contribution is 2.20. The molecule has 2 rings (SSSR count). The second-order valence-electron chi connectivity index (χ2n) is 4.82. The van der Waals surface area contributed by atoms with Gasteiger partial charge in [0.15, 0.2) is 0 Å². The summed E-state index contributed by atoms with van der Waals surface area (Å²) in [6.45, 7) is 2.14. The molecule has 0 atom stereocenters. The zero-order valence-electron chi connectivity index (χ0n) is 11.9. The average Bonchev–Trinajstić information content (AvgIpc) is 2.46. The molecule has 0 saturated carbocycles. The summed E-state index contributed by atoms with van der Waals surface area (Å²) >= 11 is 0. The molecule has 0 saturated heterocycles. The fraction of sp³-hybridized carbons (Fsp3) is 0.267. The maximum absolute atomic E-state index is 12.2. The van der Waals surface area contributed by atoms with E-state index >= 15 is 0 Å². The lowest BCUT2D eigenvalue weighted by atomic mass is 10.1. The van der Waals surface area contributed by atoms with Crippen LogP contribution in [0.1, 0.15) is 25.3 Å². The van der Waals surface area contributed by atoms with Crippen molar-refractivity contribution in [2.24, 2.45) is 0 Å². The van der Waals surface area contributed by atoms with Gasteiger partial charge >= 0.3 is 0 Å². The first-order valence-corrected chi connectivity index (χ1v) is 8.32. The number of nitrogens with one attached hydrogen (secondary N) is 1. The van der Waals surface area contributed by atoms with Gasteiger partial charge in [0.1, 0.15) is 4.90 Å². The molecule has 3 N–H and O–H groups in total. The minimum absolute atomic E-state index is 0.0138. The Morgan fingerprint density at radius 3 is 2.52 bits per heavy atom. The first-order valence-electron chi connectivity index (χ1n) is 6.84. The Bertz CT molecular complexity index is 697. The molecule has 1 heterocycles. The van der Waals surface area contributed by atoms with Crippen LogP contribution >= 0.6 is 0 Å². The molecular weight excluding hydrogens is 286 g/mol. The highest BCUT2D eigenvalue weighted by molar-refractivity contribution is 7.92. The van der Waals surface area contributed by atoms with Crippen molar-refractivity contribution >= 4 is 21.4 Å². The summed E-state index contributed by atoms with van der Waals surface area (Å²) in [5.74, 6) is 0. The number of aromatic nitrogens is 1. The van der Waals surface area contributed by atoms with E-state index in [9.17, 15) is 8.42 Å². The van der Waals surface area contributed by atoms with Gasteiger partial charge in [-0.1, -0.05) is 25.5 Å². The van der Waals surface area contributed by atoms with Crippen molar-refractivity contribution in [1.29, 1.82) is 0 Å². The number of unbranched alkanes of at least 4 members (excludes halogenated alkanes) is 1. The summed E-state index contributed by atoms with van der Waals surface area (Å²) in [6, 6.07) is 8.84. The maximum atomic E-state index is 12.2. The number of pyridine rings is 1. The number of hydrogen-bond donors (Lipinski definition) is 2. The SMILES string of the molecule is CCCCc1ccc(NS(=O)(=O)c2cnccc2N)cc1. The molecular formula is C15H19N3O2S. The van der Waals surface area contributed by atoms with Crippen LogP contribution in [0.5, 0.6) is 0 Å². The number of benzene rings is 1. The molecule has 0 unspecified atom stereocenters. The van der Waals surface area contributed by atoms with Gasteiger partial charge in [-0.25, -0.2) is 8.42 Å². The van der Waals surface area contributed by atoms with Crippen LogP contribution in [0.4, 0.5) is 11.4 Å². The van der Waals surface area contributed by atoms with Gasteiger partial charge in [0, 0.05) is 18.1 Å². The summed E-state index contributed by atoms with van der Waals surface area (Å²) in [4.78, 5) is 3.79. The van der Waals surface area contributed by atoms with Crippen LogP contribution in [0.3, 0.4) is 0 Å². The first-order chi connectivity index (χ1) is 10.0. The Labute approximate surface area is 125 Å². The summed E-state index contributed by atoms with van der Waals surface area (Å²) in [6.07, 6.45) is 5.95. The van der Waals surface area contributed by atoms with Crippen molar-refractivity contribution < 1.29 is 8.42 Å².